The van der Waals surface area contributed by atoms with Gasteiger partial charge in [-0.15, -0.1) is 0 Å². The van der Waals surface area contributed by atoms with Crippen LogP contribution < -0.4 is 4.72 Å². The molecule has 0 unspecified atom stereocenters. The predicted molar refractivity (Wildman–Crippen MR) is 70.6 cm³/mol. The molecule has 16 heavy (non-hydrogen) atoms. The van der Waals surface area contributed by atoms with Crippen molar-refractivity contribution in [1.82, 2.24) is 0 Å². The fourth-order valence-electron chi connectivity index (χ4n) is 1.25. The molecule has 0 spiro atoms. The Hall–Kier alpha value is -1.13. The van der Waals surface area contributed by atoms with Crippen LogP contribution in [0, 0.1) is 0 Å². The molecule has 0 fully saturated rings. The minimum absolute atomic E-state index is 0.762. The lowest BCUT2D eigenvalue weighted by Gasteiger charge is -2.07. The number of anilines is 1. The van der Waals surface area contributed by atoms with E-state index >= 15 is 0 Å². The Balaban J connectivity index is 2.18. The highest BCUT2D eigenvalue weighted by molar-refractivity contribution is 9.10. The lowest BCUT2D eigenvalue weighted by atomic mass is 10.3. The third kappa shape index (κ3) is 2.71. The van der Waals surface area contributed by atoms with Gasteiger partial charge in [0.1, 0.15) is 11.0 Å². The van der Waals surface area contributed by atoms with Gasteiger partial charge in [-0.25, -0.2) is 4.21 Å². The van der Waals surface area contributed by atoms with Crippen LogP contribution in [0.15, 0.2) is 64.0 Å². The number of halogens is 1. The fraction of sp³-hybridized carbons (Fsp3) is 0. The second-order valence-electron chi connectivity index (χ2n) is 3.16. The summed E-state index contributed by atoms with van der Waals surface area (Å²) in [6.07, 6.45) is 0. The first-order chi connectivity index (χ1) is 7.77. The van der Waals surface area contributed by atoms with Crippen LogP contribution in [0.3, 0.4) is 0 Å². The normalized spacial score (nSPS) is 12.1. The van der Waals surface area contributed by atoms with E-state index < -0.39 is 11.0 Å². The highest BCUT2D eigenvalue weighted by Crippen LogP contribution is 2.22. The Morgan fingerprint density at radius 1 is 0.938 bits per heavy atom. The summed E-state index contributed by atoms with van der Waals surface area (Å²) < 4.78 is 15.8. The van der Waals surface area contributed by atoms with Crippen molar-refractivity contribution in [2.24, 2.45) is 0 Å². The van der Waals surface area contributed by atoms with Gasteiger partial charge < -0.3 is 4.72 Å². The lowest BCUT2D eigenvalue weighted by molar-refractivity contribution is 0.686. The van der Waals surface area contributed by atoms with Crippen molar-refractivity contribution in [2.45, 2.75) is 4.90 Å². The van der Waals surface area contributed by atoms with Crippen LogP contribution in [0.4, 0.5) is 5.69 Å². The minimum atomic E-state index is -1.22. The molecule has 1 N–H and O–H groups in total. The molecule has 0 aliphatic heterocycles. The molecule has 0 bridgehead atoms. The molecule has 0 aliphatic carbocycles. The van der Waals surface area contributed by atoms with E-state index in [1.165, 1.54) is 0 Å². The molecule has 0 saturated carbocycles. The van der Waals surface area contributed by atoms with Crippen molar-refractivity contribution in [1.29, 1.82) is 0 Å². The largest absolute Gasteiger partial charge is 0.300 e. The zero-order chi connectivity index (χ0) is 11.4. The van der Waals surface area contributed by atoms with E-state index in [2.05, 4.69) is 20.7 Å². The van der Waals surface area contributed by atoms with E-state index in [1.54, 1.807) is 0 Å². The van der Waals surface area contributed by atoms with Gasteiger partial charge in [0.2, 0.25) is 0 Å². The Bertz CT molecular complexity index is 501. The molecule has 0 aliphatic rings. The van der Waals surface area contributed by atoms with Gasteiger partial charge in [-0.05, 0) is 40.2 Å². The summed E-state index contributed by atoms with van der Waals surface area (Å²) in [5.41, 5.74) is 0.824. The zero-order valence-corrected chi connectivity index (χ0v) is 10.8. The molecule has 2 aromatic carbocycles. The van der Waals surface area contributed by atoms with E-state index in [0.717, 1.165) is 15.1 Å². The Morgan fingerprint density at radius 3 is 2.25 bits per heavy atom. The molecule has 0 aromatic heterocycles. The summed E-state index contributed by atoms with van der Waals surface area (Å²) in [4.78, 5) is 0.762. The Kier molecular flexibility index (Phi) is 3.74. The van der Waals surface area contributed by atoms with Crippen molar-refractivity contribution in [3.05, 3.63) is 59.1 Å². The maximum atomic E-state index is 11.9. The SMILES string of the molecule is O=[S@@](Nc1ccccc1Br)c1ccccc1. The lowest BCUT2D eigenvalue weighted by Crippen LogP contribution is -2.04. The number of hydrogen-bond donors (Lipinski definition) is 1. The monoisotopic (exact) mass is 295 g/mol. The van der Waals surface area contributed by atoms with Gasteiger partial charge in [0.25, 0.3) is 0 Å². The minimum Gasteiger partial charge on any atom is -0.300 e. The number of benzene rings is 2. The maximum Gasteiger partial charge on any atom is 0.150 e. The smallest absolute Gasteiger partial charge is 0.150 e. The van der Waals surface area contributed by atoms with Crippen molar-refractivity contribution in [3.63, 3.8) is 0 Å². The number of hydrogen-bond acceptors (Lipinski definition) is 1. The van der Waals surface area contributed by atoms with Gasteiger partial charge in [-0.1, -0.05) is 30.3 Å². The van der Waals surface area contributed by atoms with E-state index in [0.29, 0.717) is 0 Å². The first-order valence-electron chi connectivity index (χ1n) is 4.75. The molecule has 0 amide bonds. The maximum absolute atomic E-state index is 11.9. The summed E-state index contributed by atoms with van der Waals surface area (Å²) in [5.74, 6) is 0. The van der Waals surface area contributed by atoms with Gasteiger partial charge >= 0.3 is 0 Å². The molecular weight excluding hydrogens is 286 g/mol. The van der Waals surface area contributed by atoms with E-state index in [-0.39, 0.29) is 0 Å². The molecule has 2 rings (SSSR count). The van der Waals surface area contributed by atoms with Crippen molar-refractivity contribution < 1.29 is 4.21 Å². The number of nitrogens with one attached hydrogen (secondary N) is 1. The third-order valence-electron chi connectivity index (χ3n) is 2.03. The number of rotatable bonds is 3. The highest BCUT2D eigenvalue weighted by atomic mass is 79.9. The van der Waals surface area contributed by atoms with E-state index in [9.17, 15) is 4.21 Å². The molecule has 2 aromatic rings. The Labute approximate surface area is 105 Å². The molecule has 1 atom stereocenters. The van der Waals surface area contributed by atoms with Crippen molar-refractivity contribution >= 4 is 32.6 Å². The molecule has 0 heterocycles. The standard InChI is InChI=1S/C12H10BrNOS/c13-11-8-4-5-9-12(11)14-16(15)10-6-2-1-3-7-10/h1-9,14H/t16-/m1/s1. The molecule has 82 valence electrons. The molecular formula is C12H10BrNOS. The summed E-state index contributed by atoms with van der Waals surface area (Å²) in [7, 11) is -1.22. The van der Waals surface area contributed by atoms with Crippen molar-refractivity contribution in [2.75, 3.05) is 4.72 Å². The second-order valence-corrected chi connectivity index (χ2v) is 5.23. The summed E-state index contributed by atoms with van der Waals surface area (Å²) in [5, 5.41) is 0. The van der Waals surface area contributed by atoms with Gasteiger partial charge in [-0.2, -0.15) is 0 Å². The van der Waals surface area contributed by atoms with Crippen LogP contribution >= 0.6 is 15.9 Å². The van der Waals surface area contributed by atoms with E-state index in [4.69, 9.17) is 0 Å². The summed E-state index contributed by atoms with van der Waals surface area (Å²) >= 11 is 3.40. The Morgan fingerprint density at radius 2 is 1.56 bits per heavy atom. The molecule has 2 nitrogen and oxygen atoms in total. The van der Waals surface area contributed by atoms with Crippen LogP contribution in [0.25, 0.3) is 0 Å². The summed E-state index contributed by atoms with van der Waals surface area (Å²) in [6, 6.07) is 16.9. The molecule has 4 heteroatoms. The van der Waals surface area contributed by atoms with Crippen LogP contribution in [-0.2, 0) is 11.0 Å². The van der Waals surface area contributed by atoms with Gasteiger partial charge in [0, 0.05) is 4.47 Å². The van der Waals surface area contributed by atoms with Gasteiger partial charge in [0.05, 0.1) is 10.6 Å². The van der Waals surface area contributed by atoms with Crippen LogP contribution in [-0.4, -0.2) is 4.21 Å². The average molecular weight is 296 g/mol. The molecule has 0 radical (unpaired) electrons. The number of para-hydroxylation sites is 1. The second kappa shape index (κ2) is 5.27. The first kappa shape index (κ1) is 11.4. The van der Waals surface area contributed by atoms with Gasteiger partial charge in [-0.3, -0.25) is 0 Å². The highest BCUT2D eigenvalue weighted by Gasteiger charge is 2.04. The van der Waals surface area contributed by atoms with Gasteiger partial charge in [0.15, 0.2) is 0 Å². The van der Waals surface area contributed by atoms with Crippen molar-refractivity contribution in [3.8, 4) is 0 Å². The van der Waals surface area contributed by atoms with Crippen LogP contribution in [0.1, 0.15) is 0 Å². The molecule has 0 saturated heterocycles. The zero-order valence-electron chi connectivity index (χ0n) is 8.39. The quantitative estimate of drug-likeness (QED) is 0.921. The topological polar surface area (TPSA) is 29.1 Å². The summed E-state index contributed by atoms with van der Waals surface area (Å²) in [6.45, 7) is 0. The van der Waals surface area contributed by atoms with E-state index in [1.807, 2.05) is 54.6 Å². The average Bonchev–Trinajstić information content (AvgIpc) is 2.33. The van der Waals surface area contributed by atoms with Crippen LogP contribution in [0.5, 0.6) is 0 Å². The first-order valence-corrected chi connectivity index (χ1v) is 6.69. The fourth-order valence-corrected chi connectivity index (χ4v) is 2.66. The third-order valence-corrected chi connectivity index (χ3v) is 3.83. The van der Waals surface area contributed by atoms with Crippen LogP contribution in [0.2, 0.25) is 0 Å². The predicted octanol–water partition coefficient (Wildman–Crippen LogP) is 3.58.